The first-order valence-electron chi connectivity index (χ1n) is 9.87. The first-order chi connectivity index (χ1) is 14.8. The first-order valence-corrected chi connectivity index (χ1v) is 11.7. The Morgan fingerprint density at radius 1 is 1.06 bits per heavy atom. The number of amides is 3. The molecule has 1 fully saturated rings. The summed E-state index contributed by atoms with van der Waals surface area (Å²) < 4.78 is 28.1. The topological polar surface area (TPSA) is 104 Å². The van der Waals surface area contributed by atoms with E-state index in [2.05, 4.69) is 5.32 Å². The molecule has 1 aliphatic heterocycles. The third kappa shape index (κ3) is 4.69. The zero-order valence-electron chi connectivity index (χ0n) is 18.1. The van der Waals surface area contributed by atoms with Gasteiger partial charge < -0.3 is 5.32 Å². The Labute approximate surface area is 192 Å². The number of halogens is 1. The summed E-state index contributed by atoms with van der Waals surface area (Å²) in [7, 11) is -4.11. The van der Waals surface area contributed by atoms with Gasteiger partial charge in [0.2, 0.25) is 21.8 Å². The third-order valence-electron chi connectivity index (χ3n) is 4.88. The smallest absolute Gasteiger partial charge is 0.252 e. The fraction of sp³-hybridized carbons (Fsp3) is 0.318. The molecule has 0 spiro atoms. The van der Waals surface area contributed by atoms with Crippen LogP contribution in [-0.4, -0.2) is 42.0 Å². The van der Waals surface area contributed by atoms with Gasteiger partial charge in [-0.2, -0.15) is 4.31 Å². The summed E-state index contributed by atoms with van der Waals surface area (Å²) in [6.07, 6.45) is -0.281. The molecule has 1 atom stereocenters. The number of sulfonamides is 1. The van der Waals surface area contributed by atoms with Crippen LogP contribution in [0.25, 0.3) is 0 Å². The fourth-order valence-electron chi connectivity index (χ4n) is 3.68. The predicted molar refractivity (Wildman–Crippen MR) is 122 cm³/mol. The lowest BCUT2D eigenvalue weighted by molar-refractivity contribution is -0.122. The van der Waals surface area contributed by atoms with E-state index in [0.29, 0.717) is 16.4 Å². The minimum Gasteiger partial charge on any atom is -0.326 e. The summed E-state index contributed by atoms with van der Waals surface area (Å²) in [4.78, 5) is 38.3. The van der Waals surface area contributed by atoms with Gasteiger partial charge in [0, 0.05) is 23.2 Å². The number of anilines is 2. The van der Waals surface area contributed by atoms with Gasteiger partial charge in [0.05, 0.1) is 17.0 Å². The van der Waals surface area contributed by atoms with Crippen molar-refractivity contribution in [3.8, 4) is 0 Å². The molecular weight excluding hydrogens is 454 g/mol. The number of carbonyl (C=O) groups is 3. The van der Waals surface area contributed by atoms with E-state index in [9.17, 15) is 22.8 Å². The molecule has 1 aliphatic rings. The van der Waals surface area contributed by atoms with Gasteiger partial charge in [-0.3, -0.25) is 14.4 Å². The molecule has 1 unspecified atom stereocenters. The highest BCUT2D eigenvalue weighted by Gasteiger charge is 2.50. The number of rotatable bonds is 5. The number of benzene rings is 2. The summed E-state index contributed by atoms with van der Waals surface area (Å²) >= 11 is 5.89. The van der Waals surface area contributed by atoms with Crippen molar-refractivity contribution < 1.29 is 22.8 Å². The molecule has 0 saturated carbocycles. The van der Waals surface area contributed by atoms with Crippen molar-refractivity contribution in [2.45, 2.75) is 50.6 Å². The Morgan fingerprint density at radius 2 is 1.62 bits per heavy atom. The van der Waals surface area contributed by atoms with Crippen molar-refractivity contribution in [2.75, 3.05) is 10.2 Å². The lowest BCUT2D eigenvalue weighted by Crippen LogP contribution is -2.54. The quantitative estimate of drug-likeness (QED) is 0.664. The van der Waals surface area contributed by atoms with E-state index in [1.807, 2.05) is 0 Å². The summed E-state index contributed by atoms with van der Waals surface area (Å²) in [5.41, 5.74) is -0.169. The van der Waals surface area contributed by atoms with Crippen LogP contribution in [0.15, 0.2) is 53.4 Å². The van der Waals surface area contributed by atoms with Crippen LogP contribution >= 0.6 is 11.6 Å². The molecule has 32 heavy (non-hydrogen) atoms. The Hall–Kier alpha value is -2.75. The van der Waals surface area contributed by atoms with Crippen molar-refractivity contribution in [2.24, 2.45) is 0 Å². The van der Waals surface area contributed by atoms with E-state index in [1.165, 1.54) is 43.3 Å². The van der Waals surface area contributed by atoms with Crippen molar-refractivity contribution in [3.63, 3.8) is 0 Å². The molecule has 10 heteroatoms. The number of hydrogen-bond acceptors (Lipinski definition) is 5. The minimum absolute atomic E-state index is 0.0183. The first kappa shape index (κ1) is 23.9. The molecule has 1 N–H and O–H groups in total. The lowest BCUT2D eigenvalue weighted by atomic mass is 10.1. The van der Waals surface area contributed by atoms with Crippen molar-refractivity contribution in [1.82, 2.24) is 4.31 Å². The van der Waals surface area contributed by atoms with E-state index in [1.54, 1.807) is 32.9 Å². The van der Waals surface area contributed by atoms with Gasteiger partial charge in [-0.05, 0) is 69.3 Å². The second-order valence-electron chi connectivity index (χ2n) is 8.44. The van der Waals surface area contributed by atoms with Crippen LogP contribution in [0.1, 0.15) is 34.1 Å². The zero-order valence-corrected chi connectivity index (χ0v) is 19.7. The number of imide groups is 1. The lowest BCUT2D eigenvalue weighted by Gasteiger charge is -2.37. The number of nitrogens with one attached hydrogen (secondary N) is 1. The number of carbonyl (C=O) groups excluding carboxylic acids is 3. The van der Waals surface area contributed by atoms with Crippen LogP contribution in [0.3, 0.4) is 0 Å². The van der Waals surface area contributed by atoms with Crippen LogP contribution < -0.4 is 10.2 Å². The van der Waals surface area contributed by atoms with Crippen molar-refractivity contribution in [3.05, 3.63) is 53.6 Å². The molecule has 8 nitrogen and oxygen atoms in total. The van der Waals surface area contributed by atoms with E-state index in [0.717, 1.165) is 9.21 Å². The van der Waals surface area contributed by atoms with E-state index >= 15 is 0 Å². The average Bonchev–Trinajstić information content (AvgIpc) is 2.95. The van der Waals surface area contributed by atoms with Crippen LogP contribution in [0, 0.1) is 0 Å². The Bertz CT molecular complexity index is 1160. The maximum absolute atomic E-state index is 13.5. The van der Waals surface area contributed by atoms with Gasteiger partial charge in [0.25, 0.3) is 5.91 Å². The van der Waals surface area contributed by atoms with Gasteiger partial charge >= 0.3 is 0 Å². The molecule has 2 aromatic rings. The van der Waals surface area contributed by atoms with Crippen molar-refractivity contribution >= 4 is 50.7 Å². The molecule has 2 aromatic carbocycles. The normalized spacial score (nSPS) is 17.2. The Kier molecular flexibility index (Phi) is 6.46. The van der Waals surface area contributed by atoms with Gasteiger partial charge in [0.15, 0.2) is 0 Å². The maximum Gasteiger partial charge on any atom is 0.252 e. The second-order valence-corrected chi connectivity index (χ2v) is 10.7. The highest BCUT2D eigenvalue weighted by Crippen LogP contribution is 2.34. The highest BCUT2D eigenvalue weighted by molar-refractivity contribution is 7.89. The molecule has 170 valence electrons. The summed E-state index contributed by atoms with van der Waals surface area (Å²) in [6.45, 7) is 6.38. The molecule has 0 bridgehead atoms. The molecule has 0 radical (unpaired) electrons. The summed E-state index contributed by atoms with van der Waals surface area (Å²) in [5.74, 6) is -1.39. The van der Waals surface area contributed by atoms with Gasteiger partial charge in [-0.15, -0.1) is 0 Å². The van der Waals surface area contributed by atoms with E-state index in [-0.39, 0.29) is 17.2 Å². The summed E-state index contributed by atoms with van der Waals surface area (Å²) in [6, 6.07) is 10.6. The predicted octanol–water partition coefficient (Wildman–Crippen LogP) is 3.42. The van der Waals surface area contributed by atoms with Gasteiger partial charge in [-0.1, -0.05) is 11.6 Å². The Morgan fingerprint density at radius 3 is 2.12 bits per heavy atom. The van der Waals surface area contributed by atoms with Crippen molar-refractivity contribution in [1.29, 1.82) is 0 Å². The van der Waals surface area contributed by atoms with Crippen LogP contribution in [0.2, 0.25) is 5.02 Å². The molecule has 0 aromatic heterocycles. The molecule has 3 amide bonds. The van der Waals surface area contributed by atoms with Crippen LogP contribution in [0.5, 0.6) is 0 Å². The number of nitrogens with zero attached hydrogens (tertiary/aromatic N) is 2. The highest BCUT2D eigenvalue weighted by atomic mass is 35.5. The van der Waals surface area contributed by atoms with Crippen LogP contribution in [0.4, 0.5) is 11.4 Å². The van der Waals surface area contributed by atoms with Gasteiger partial charge in [-0.25, -0.2) is 13.3 Å². The average molecular weight is 478 g/mol. The Balaban J connectivity index is 1.98. The molecule has 1 heterocycles. The molecule has 3 rings (SSSR count). The van der Waals surface area contributed by atoms with Gasteiger partial charge in [0.1, 0.15) is 6.04 Å². The minimum atomic E-state index is -4.11. The van der Waals surface area contributed by atoms with E-state index < -0.39 is 33.4 Å². The number of hydrogen-bond donors (Lipinski definition) is 1. The molecule has 1 saturated heterocycles. The maximum atomic E-state index is 13.5. The zero-order chi connectivity index (χ0) is 23.8. The molecule has 0 aliphatic carbocycles. The van der Waals surface area contributed by atoms with Crippen LogP contribution in [-0.2, 0) is 24.4 Å². The summed E-state index contributed by atoms with van der Waals surface area (Å²) in [5, 5.41) is 2.99. The molecular formula is C22H24ClN3O5S. The largest absolute Gasteiger partial charge is 0.326 e. The monoisotopic (exact) mass is 477 g/mol. The standard InChI is InChI=1S/C22H24ClN3O5S/c1-14(27)24-16-7-9-17(10-8-16)25-20(28)13-19(21(25)29)26(22(2,3)4)32(30,31)18-11-5-15(23)6-12-18/h5-12,19H,13H2,1-4H3,(H,24,27). The third-order valence-corrected chi connectivity index (χ3v) is 7.32. The fourth-order valence-corrected chi connectivity index (χ4v) is 5.74. The second kappa shape index (κ2) is 8.65. The SMILES string of the molecule is CC(=O)Nc1ccc(N2C(=O)CC(N(C(C)(C)C)S(=O)(=O)c3ccc(Cl)cc3)C2=O)cc1. The van der Waals surface area contributed by atoms with E-state index in [4.69, 9.17) is 11.6 Å².